The minimum atomic E-state index is -3.00. The zero-order valence-electron chi connectivity index (χ0n) is 12.2. The summed E-state index contributed by atoms with van der Waals surface area (Å²) in [6.45, 7) is 3.63. The number of rotatable bonds is 5. The molecule has 0 aromatic carbocycles. The van der Waals surface area contributed by atoms with Crippen LogP contribution >= 0.6 is 0 Å². The summed E-state index contributed by atoms with van der Waals surface area (Å²) in [6, 6.07) is -0.207. The van der Waals surface area contributed by atoms with Crippen molar-refractivity contribution in [3.63, 3.8) is 0 Å². The molecule has 0 aliphatic carbocycles. The van der Waals surface area contributed by atoms with E-state index in [9.17, 15) is 13.2 Å². The van der Waals surface area contributed by atoms with Crippen LogP contribution in [-0.4, -0.2) is 69.1 Å². The Kier molecular flexibility index (Phi) is 4.71. The monoisotopic (exact) mass is 304 g/mol. The van der Waals surface area contributed by atoms with Crippen molar-refractivity contribution < 1.29 is 17.9 Å². The molecule has 0 saturated carbocycles. The van der Waals surface area contributed by atoms with Gasteiger partial charge in [-0.05, 0) is 32.7 Å². The van der Waals surface area contributed by atoms with Gasteiger partial charge in [0.2, 0.25) is 5.91 Å². The van der Waals surface area contributed by atoms with Crippen LogP contribution in [-0.2, 0) is 19.4 Å². The first-order chi connectivity index (χ1) is 9.38. The van der Waals surface area contributed by atoms with Crippen molar-refractivity contribution in [2.45, 2.75) is 37.8 Å². The van der Waals surface area contributed by atoms with Gasteiger partial charge in [-0.15, -0.1) is 0 Å². The molecule has 2 aliphatic heterocycles. The standard InChI is InChI=1S/C13H24N2O4S/c1-13(5-3-6-14-13)12(16)15(7-8-19-2)11-4-9-20(17,18)10-11/h11,14H,3-10H2,1-2H3. The summed E-state index contributed by atoms with van der Waals surface area (Å²) in [5, 5.41) is 3.25. The second kappa shape index (κ2) is 5.99. The van der Waals surface area contributed by atoms with Gasteiger partial charge in [0.25, 0.3) is 0 Å². The molecule has 7 heteroatoms. The number of carbonyl (C=O) groups is 1. The van der Waals surface area contributed by atoms with Crippen molar-refractivity contribution in [3.8, 4) is 0 Å². The van der Waals surface area contributed by atoms with E-state index < -0.39 is 15.4 Å². The van der Waals surface area contributed by atoms with Crippen LogP contribution < -0.4 is 5.32 Å². The second-order valence-corrected chi connectivity index (χ2v) is 8.14. The van der Waals surface area contributed by atoms with E-state index >= 15 is 0 Å². The molecule has 2 aliphatic rings. The minimum Gasteiger partial charge on any atom is -0.383 e. The molecular formula is C13H24N2O4S. The quantitative estimate of drug-likeness (QED) is 0.761. The molecule has 2 fully saturated rings. The van der Waals surface area contributed by atoms with Gasteiger partial charge in [-0.3, -0.25) is 4.79 Å². The van der Waals surface area contributed by atoms with E-state index in [0.717, 1.165) is 19.4 Å². The van der Waals surface area contributed by atoms with Gasteiger partial charge in [-0.1, -0.05) is 0 Å². The van der Waals surface area contributed by atoms with Gasteiger partial charge in [0.15, 0.2) is 9.84 Å². The Hall–Kier alpha value is -0.660. The molecule has 2 unspecified atom stereocenters. The first-order valence-corrected chi connectivity index (χ1v) is 8.95. The molecule has 0 bridgehead atoms. The van der Waals surface area contributed by atoms with Gasteiger partial charge in [0, 0.05) is 19.7 Å². The molecule has 0 aromatic rings. The van der Waals surface area contributed by atoms with E-state index in [1.807, 2.05) is 6.92 Å². The van der Waals surface area contributed by atoms with Crippen LogP contribution in [0.25, 0.3) is 0 Å². The summed E-state index contributed by atoms with van der Waals surface area (Å²) in [5.74, 6) is 0.269. The van der Waals surface area contributed by atoms with E-state index in [2.05, 4.69) is 5.32 Å². The predicted molar refractivity (Wildman–Crippen MR) is 76.3 cm³/mol. The maximum atomic E-state index is 12.8. The molecule has 2 saturated heterocycles. The van der Waals surface area contributed by atoms with Gasteiger partial charge in [0.1, 0.15) is 0 Å². The number of carbonyl (C=O) groups excluding carboxylic acids is 1. The number of methoxy groups -OCH3 is 1. The average molecular weight is 304 g/mol. The normalized spacial score (nSPS) is 32.4. The van der Waals surface area contributed by atoms with Gasteiger partial charge in [-0.25, -0.2) is 8.42 Å². The molecule has 2 heterocycles. The van der Waals surface area contributed by atoms with E-state index in [1.54, 1.807) is 12.0 Å². The first-order valence-electron chi connectivity index (χ1n) is 7.13. The summed E-state index contributed by atoms with van der Waals surface area (Å²) in [7, 11) is -1.41. The number of hydrogen-bond donors (Lipinski definition) is 1. The van der Waals surface area contributed by atoms with Crippen molar-refractivity contribution in [1.29, 1.82) is 0 Å². The maximum Gasteiger partial charge on any atom is 0.242 e. The number of nitrogens with one attached hydrogen (secondary N) is 1. The number of amides is 1. The van der Waals surface area contributed by atoms with Crippen molar-refractivity contribution in [2.75, 3.05) is 38.3 Å². The van der Waals surface area contributed by atoms with Gasteiger partial charge < -0.3 is 15.0 Å². The topological polar surface area (TPSA) is 75.7 Å². The van der Waals surface area contributed by atoms with Crippen LogP contribution in [0.2, 0.25) is 0 Å². The van der Waals surface area contributed by atoms with Crippen molar-refractivity contribution in [3.05, 3.63) is 0 Å². The fourth-order valence-corrected chi connectivity index (χ4v) is 4.79. The Balaban J connectivity index is 2.13. The minimum absolute atomic E-state index is 0.00847. The van der Waals surface area contributed by atoms with Crippen molar-refractivity contribution >= 4 is 15.7 Å². The molecule has 0 aromatic heterocycles. The molecular weight excluding hydrogens is 280 g/mol. The summed E-state index contributed by atoms with van der Waals surface area (Å²) >= 11 is 0. The lowest BCUT2D eigenvalue weighted by Gasteiger charge is -2.35. The zero-order valence-corrected chi connectivity index (χ0v) is 13.0. The van der Waals surface area contributed by atoms with E-state index in [4.69, 9.17) is 4.74 Å². The largest absolute Gasteiger partial charge is 0.383 e. The number of sulfone groups is 1. The highest BCUT2D eigenvalue weighted by molar-refractivity contribution is 7.91. The fraction of sp³-hybridized carbons (Fsp3) is 0.923. The molecule has 20 heavy (non-hydrogen) atoms. The van der Waals surface area contributed by atoms with Crippen LogP contribution in [0, 0.1) is 0 Å². The highest BCUT2D eigenvalue weighted by Gasteiger charge is 2.43. The molecule has 1 amide bonds. The van der Waals surface area contributed by atoms with Crippen LogP contribution in [0.5, 0.6) is 0 Å². The lowest BCUT2D eigenvalue weighted by atomic mass is 9.97. The van der Waals surface area contributed by atoms with E-state index in [1.165, 1.54) is 0 Å². The van der Waals surface area contributed by atoms with Gasteiger partial charge >= 0.3 is 0 Å². The second-order valence-electron chi connectivity index (χ2n) is 5.91. The van der Waals surface area contributed by atoms with Crippen molar-refractivity contribution in [1.82, 2.24) is 10.2 Å². The molecule has 6 nitrogen and oxygen atoms in total. The smallest absolute Gasteiger partial charge is 0.242 e. The third-order valence-electron chi connectivity index (χ3n) is 4.29. The molecule has 0 spiro atoms. The average Bonchev–Trinajstić information content (AvgIpc) is 2.97. The van der Waals surface area contributed by atoms with Crippen LogP contribution in [0.15, 0.2) is 0 Å². The Morgan fingerprint density at radius 2 is 2.25 bits per heavy atom. The highest BCUT2D eigenvalue weighted by Crippen LogP contribution is 2.25. The fourth-order valence-electron chi connectivity index (χ4n) is 3.05. The summed E-state index contributed by atoms with van der Waals surface area (Å²) in [4.78, 5) is 14.5. The predicted octanol–water partition coefficient (Wildman–Crippen LogP) is -0.209. The van der Waals surface area contributed by atoms with Crippen LogP contribution in [0.1, 0.15) is 26.2 Å². The Morgan fingerprint density at radius 3 is 2.75 bits per heavy atom. The first kappa shape index (κ1) is 15.7. The Morgan fingerprint density at radius 1 is 1.50 bits per heavy atom. The number of hydrogen-bond acceptors (Lipinski definition) is 5. The third kappa shape index (κ3) is 3.32. The molecule has 2 rings (SSSR count). The Bertz CT molecular complexity index is 457. The van der Waals surface area contributed by atoms with Gasteiger partial charge in [-0.2, -0.15) is 0 Å². The lowest BCUT2D eigenvalue weighted by Crippen LogP contribution is -2.56. The molecule has 116 valence electrons. The van der Waals surface area contributed by atoms with E-state index in [-0.39, 0.29) is 23.5 Å². The SMILES string of the molecule is COCCN(C(=O)C1(C)CCCN1)C1CCS(=O)(=O)C1. The van der Waals surface area contributed by atoms with E-state index in [0.29, 0.717) is 19.6 Å². The van der Waals surface area contributed by atoms with Crippen LogP contribution in [0.3, 0.4) is 0 Å². The maximum absolute atomic E-state index is 12.8. The molecule has 1 N–H and O–H groups in total. The third-order valence-corrected chi connectivity index (χ3v) is 6.04. The Labute approximate surface area is 120 Å². The van der Waals surface area contributed by atoms with Crippen LogP contribution in [0.4, 0.5) is 0 Å². The molecule has 0 radical (unpaired) electrons. The highest BCUT2D eigenvalue weighted by atomic mass is 32.2. The van der Waals surface area contributed by atoms with Gasteiger partial charge in [0.05, 0.1) is 23.7 Å². The summed E-state index contributed by atoms with van der Waals surface area (Å²) < 4.78 is 28.4. The number of nitrogens with zero attached hydrogens (tertiary/aromatic N) is 1. The van der Waals surface area contributed by atoms with Crippen molar-refractivity contribution in [2.24, 2.45) is 0 Å². The lowest BCUT2D eigenvalue weighted by molar-refractivity contribution is -0.139. The zero-order chi connectivity index (χ0) is 14.8. The summed E-state index contributed by atoms with van der Waals surface area (Å²) in [6.07, 6.45) is 2.31. The number of ether oxygens (including phenoxy) is 1. The summed E-state index contributed by atoms with van der Waals surface area (Å²) in [5.41, 5.74) is -0.555. The molecule has 2 atom stereocenters.